The van der Waals surface area contributed by atoms with Crippen LogP contribution in [0.25, 0.3) is 0 Å². The summed E-state index contributed by atoms with van der Waals surface area (Å²) in [6.07, 6.45) is 4.92. The fraction of sp³-hybridized carbons (Fsp3) is 0.875. The van der Waals surface area contributed by atoms with Gasteiger partial charge in [0.1, 0.15) is 6.04 Å². The Bertz CT molecular complexity index is 336. The first kappa shape index (κ1) is 18.0. The van der Waals surface area contributed by atoms with Gasteiger partial charge in [0.2, 0.25) is 11.8 Å². The molecule has 1 saturated carbocycles. The van der Waals surface area contributed by atoms with Crippen molar-refractivity contribution < 1.29 is 9.59 Å². The summed E-state index contributed by atoms with van der Waals surface area (Å²) in [5.41, 5.74) is 5.68. The van der Waals surface area contributed by atoms with Crippen molar-refractivity contribution in [2.75, 3.05) is 13.1 Å². The summed E-state index contributed by atoms with van der Waals surface area (Å²) in [5, 5.41) is 5.64. The van der Waals surface area contributed by atoms with Crippen molar-refractivity contribution in [3.8, 4) is 0 Å². The minimum absolute atomic E-state index is 0.0154. The molecule has 1 aliphatic rings. The molecular formula is C16H31N3O2. The second-order valence-electron chi connectivity index (χ2n) is 6.75. The van der Waals surface area contributed by atoms with Crippen molar-refractivity contribution in [3.05, 3.63) is 0 Å². The Morgan fingerprint density at radius 1 is 1.10 bits per heavy atom. The average molecular weight is 297 g/mol. The number of hydrogen-bond donors (Lipinski definition) is 3. The van der Waals surface area contributed by atoms with Crippen molar-refractivity contribution >= 4 is 11.8 Å². The molecule has 0 radical (unpaired) electrons. The SMILES string of the molecule is CC(C)CNC(=O)C(C)NC(=O)CC1CCC(CN)CC1. The van der Waals surface area contributed by atoms with E-state index < -0.39 is 6.04 Å². The molecule has 0 aliphatic heterocycles. The summed E-state index contributed by atoms with van der Waals surface area (Å²) >= 11 is 0. The van der Waals surface area contributed by atoms with E-state index in [2.05, 4.69) is 10.6 Å². The van der Waals surface area contributed by atoms with Gasteiger partial charge in [-0.15, -0.1) is 0 Å². The van der Waals surface area contributed by atoms with E-state index in [1.807, 2.05) is 13.8 Å². The van der Waals surface area contributed by atoms with Gasteiger partial charge in [-0.1, -0.05) is 13.8 Å². The van der Waals surface area contributed by atoms with Gasteiger partial charge in [-0.05, 0) is 56.9 Å². The van der Waals surface area contributed by atoms with Crippen molar-refractivity contribution in [2.24, 2.45) is 23.5 Å². The van der Waals surface area contributed by atoms with Crippen LogP contribution in [0.1, 0.15) is 52.9 Å². The van der Waals surface area contributed by atoms with Crippen molar-refractivity contribution in [1.82, 2.24) is 10.6 Å². The molecule has 5 heteroatoms. The number of rotatable bonds is 7. The van der Waals surface area contributed by atoms with Crippen LogP contribution in [-0.2, 0) is 9.59 Å². The summed E-state index contributed by atoms with van der Waals surface area (Å²) in [6, 6.07) is -0.461. The third kappa shape index (κ3) is 6.93. The van der Waals surface area contributed by atoms with E-state index in [0.717, 1.165) is 32.2 Å². The molecule has 0 aromatic rings. The van der Waals surface area contributed by atoms with Gasteiger partial charge in [-0.25, -0.2) is 0 Å². The van der Waals surface area contributed by atoms with E-state index >= 15 is 0 Å². The van der Waals surface area contributed by atoms with Gasteiger partial charge in [0.05, 0.1) is 0 Å². The van der Waals surface area contributed by atoms with Crippen LogP contribution in [0.4, 0.5) is 0 Å². The van der Waals surface area contributed by atoms with Crippen LogP contribution < -0.4 is 16.4 Å². The van der Waals surface area contributed by atoms with Crippen LogP contribution in [0.2, 0.25) is 0 Å². The first-order valence-electron chi connectivity index (χ1n) is 8.19. The maximum atomic E-state index is 12.0. The number of nitrogens with two attached hydrogens (primary N) is 1. The highest BCUT2D eigenvalue weighted by atomic mass is 16.2. The Labute approximate surface area is 128 Å². The minimum Gasteiger partial charge on any atom is -0.354 e. The van der Waals surface area contributed by atoms with E-state index in [0.29, 0.717) is 30.7 Å². The van der Waals surface area contributed by atoms with Crippen LogP contribution in [-0.4, -0.2) is 30.9 Å². The number of carbonyl (C=O) groups is 2. The number of hydrogen-bond acceptors (Lipinski definition) is 3. The van der Waals surface area contributed by atoms with Gasteiger partial charge in [-0.3, -0.25) is 9.59 Å². The lowest BCUT2D eigenvalue weighted by atomic mass is 9.80. The van der Waals surface area contributed by atoms with Crippen LogP contribution >= 0.6 is 0 Å². The first-order chi connectivity index (χ1) is 9.92. The molecule has 1 atom stereocenters. The normalized spacial score (nSPS) is 23.7. The molecule has 0 aromatic carbocycles. The highest BCUT2D eigenvalue weighted by Gasteiger charge is 2.23. The topological polar surface area (TPSA) is 84.2 Å². The monoisotopic (exact) mass is 297 g/mol. The Hall–Kier alpha value is -1.10. The molecule has 21 heavy (non-hydrogen) atoms. The first-order valence-corrected chi connectivity index (χ1v) is 8.19. The standard InChI is InChI=1S/C16H31N3O2/c1-11(2)10-18-16(21)12(3)19-15(20)8-13-4-6-14(9-17)7-5-13/h11-14H,4-10,17H2,1-3H3,(H,18,21)(H,19,20). The molecule has 1 unspecified atom stereocenters. The van der Waals surface area contributed by atoms with E-state index in [1.165, 1.54) is 0 Å². The summed E-state index contributed by atoms with van der Waals surface area (Å²) in [5.74, 6) is 1.36. The highest BCUT2D eigenvalue weighted by Crippen LogP contribution is 2.30. The lowest BCUT2D eigenvalue weighted by Gasteiger charge is -2.27. The van der Waals surface area contributed by atoms with Gasteiger partial charge in [0, 0.05) is 13.0 Å². The summed E-state index contributed by atoms with van der Waals surface area (Å²) in [6.45, 7) is 7.22. The number of carbonyl (C=O) groups excluding carboxylic acids is 2. The number of nitrogens with one attached hydrogen (secondary N) is 2. The maximum absolute atomic E-state index is 12.0. The van der Waals surface area contributed by atoms with Gasteiger partial charge in [-0.2, -0.15) is 0 Å². The fourth-order valence-corrected chi connectivity index (χ4v) is 2.76. The molecule has 1 rings (SSSR count). The smallest absolute Gasteiger partial charge is 0.242 e. The van der Waals surface area contributed by atoms with E-state index in [-0.39, 0.29) is 11.8 Å². The largest absolute Gasteiger partial charge is 0.354 e. The van der Waals surface area contributed by atoms with Crippen LogP contribution in [0.5, 0.6) is 0 Å². The van der Waals surface area contributed by atoms with E-state index in [1.54, 1.807) is 6.92 Å². The summed E-state index contributed by atoms with van der Waals surface area (Å²) in [7, 11) is 0. The van der Waals surface area contributed by atoms with Crippen LogP contribution in [0, 0.1) is 17.8 Å². The quantitative estimate of drug-likeness (QED) is 0.664. The second kappa shape index (κ2) is 9.03. The van der Waals surface area contributed by atoms with Gasteiger partial charge < -0.3 is 16.4 Å². The fourth-order valence-electron chi connectivity index (χ4n) is 2.76. The molecule has 0 saturated heterocycles. The Balaban J connectivity index is 2.25. The van der Waals surface area contributed by atoms with Crippen LogP contribution in [0.3, 0.4) is 0 Å². The van der Waals surface area contributed by atoms with Gasteiger partial charge in [0.15, 0.2) is 0 Å². The molecule has 5 nitrogen and oxygen atoms in total. The lowest BCUT2D eigenvalue weighted by Crippen LogP contribution is -2.46. The van der Waals surface area contributed by atoms with E-state index in [4.69, 9.17) is 5.73 Å². The van der Waals surface area contributed by atoms with Crippen molar-refractivity contribution in [3.63, 3.8) is 0 Å². The Morgan fingerprint density at radius 3 is 2.19 bits per heavy atom. The summed E-state index contributed by atoms with van der Waals surface area (Å²) < 4.78 is 0. The number of amides is 2. The third-order valence-corrected chi connectivity index (χ3v) is 4.23. The predicted octanol–water partition coefficient (Wildman–Crippen LogP) is 1.42. The molecule has 1 aliphatic carbocycles. The van der Waals surface area contributed by atoms with Gasteiger partial charge >= 0.3 is 0 Å². The molecule has 0 spiro atoms. The van der Waals surface area contributed by atoms with E-state index in [9.17, 15) is 9.59 Å². The average Bonchev–Trinajstić information content (AvgIpc) is 2.45. The highest BCUT2D eigenvalue weighted by molar-refractivity contribution is 5.87. The molecule has 0 bridgehead atoms. The zero-order valence-electron chi connectivity index (χ0n) is 13.7. The van der Waals surface area contributed by atoms with Crippen molar-refractivity contribution in [1.29, 1.82) is 0 Å². The molecule has 4 N–H and O–H groups in total. The molecule has 0 heterocycles. The zero-order chi connectivity index (χ0) is 15.8. The predicted molar refractivity (Wildman–Crippen MR) is 84.6 cm³/mol. The third-order valence-electron chi connectivity index (χ3n) is 4.23. The molecule has 0 aromatic heterocycles. The maximum Gasteiger partial charge on any atom is 0.242 e. The van der Waals surface area contributed by atoms with Crippen LogP contribution in [0.15, 0.2) is 0 Å². The Morgan fingerprint density at radius 2 is 1.67 bits per heavy atom. The molecule has 2 amide bonds. The summed E-state index contributed by atoms with van der Waals surface area (Å²) in [4.78, 5) is 23.8. The second-order valence-corrected chi connectivity index (χ2v) is 6.75. The zero-order valence-corrected chi connectivity index (χ0v) is 13.7. The molecular weight excluding hydrogens is 266 g/mol. The van der Waals surface area contributed by atoms with Gasteiger partial charge in [0.25, 0.3) is 0 Å². The molecule has 122 valence electrons. The minimum atomic E-state index is -0.461. The molecule has 1 fully saturated rings. The Kier molecular flexibility index (Phi) is 7.72. The lowest BCUT2D eigenvalue weighted by molar-refractivity contribution is -0.129. The van der Waals surface area contributed by atoms with Crippen molar-refractivity contribution in [2.45, 2.75) is 58.9 Å².